The van der Waals surface area contributed by atoms with Crippen LogP contribution in [0.1, 0.15) is 28.6 Å². The predicted octanol–water partition coefficient (Wildman–Crippen LogP) is 0.558. The van der Waals surface area contributed by atoms with Crippen molar-refractivity contribution in [2.24, 2.45) is 0 Å². The molecule has 29 heavy (non-hydrogen) atoms. The monoisotopic (exact) mass is 398 g/mol. The summed E-state index contributed by atoms with van der Waals surface area (Å²) in [6.07, 6.45) is 5.40. The number of morpholine rings is 1. The minimum Gasteiger partial charge on any atom is -0.503 e. The van der Waals surface area contributed by atoms with E-state index in [4.69, 9.17) is 9.15 Å². The maximum Gasteiger partial charge on any atom is 0.290 e. The standard InChI is InChI=1S/C21H23N3O5/c25-19(16-5-2-11-29-16)17-18(15-4-1-6-22-14-15)24(21(27)20(17)26)8-3-7-23-9-12-28-13-10-23/h1-2,4-6,11,14,18,26H,3,7-10,12-13H2/p+1/t18-/m1/s1. The van der Waals surface area contributed by atoms with Crippen molar-refractivity contribution in [1.29, 1.82) is 0 Å². The highest BCUT2D eigenvalue weighted by molar-refractivity contribution is 6.14. The topological polar surface area (TPSA) is 97.3 Å². The summed E-state index contributed by atoms with van der Waals surface area (Å²) in [5.41, 5.74) is 0.718. The summed E-state index contributed by atoms with van der Waals surface area (Å²) in [6, 6.07) is 5.99. The van der Waals surface area contributed by atoms with Crippen molar-refractivity contribution in [3.63, 3.8) is 0 Å². The van der Waals surface area contributed by atoms with Gasteiger partial charge in [0.05, 0.1) is 37.6 Å². The number of ketones is 1. The highest BCUT2D eigenvalue weighted by Crippen LogP contribution is 2.38. The van der Waals surface area contributed by atoms with Gasteiger partial charge in [-0.25, -0.2) is 0 Å². The van der Waals surface area contributed by atoms with Gasteiger partial charge in [-0.15, -0.1) is 0 Å². The van der Waals surface area contributed by atoms with Crippen molar-refractivity contribution in [1.82, 2.24) is 9.88 Å². The molecule has 0 aliphatic carbocycles. The summed E-state index contributed by atoms with van der Waals surface area (Å²) in [6.45, 7) is 4.73. The maximum absolute atomic E-state index is 13.0. The molecule has 0 bridgehead atoms. The van der Waals surface area contributed by atoms with Crippen LogP contribution in [0.3, 0.4) is 0 Å². The van der Waals surface area contributed by atoms with E-state index in [1.165, 1.54) is 17.2 Å². The molecule has 1 fully saturated rings. The normalized spacial score (nSPS) is 20.5. The zero-order valence-corrected chi connectivity index (χ0v) is 16.0. The molecule has 8 nitrogen and oxygen atoms in total. The molecule has 4 heterocycles. The number of furan rings is 1. The number of aliphatic hydroxyl groups is 1. The molecule has 1 amide bonds. The minimum atomic E-state index is -0.687. The van der Waals surface area contributed by atoms with E-state index in [0.717, 1.165) is 39.3 Å². The fourth-order valence-corrected chi connectivity index (χ4v) is 3.95. The second-order valence-electron chi connectivity index (χ2n) is 7.22. The van der Waals surface area contributed by atoms with Gasteiger partial charge in [0.25, 0.3) is 5.91 Å². The van der Waals surface area contributed by atoms with E-state index in [9.17, 15) is 14.7 Å². The van der Waals surface area contributed by atoms with Crippen molar-refractivity contribution in [2.75, 3.05) is 39.4 Å². The van der Waals surface area contributed by atoms with Gasteiger partial charge >= 0.3 is 0 Å². The molecule has 0 radical (unpaired) electrons. The molecule has 8 heteroatoms. The molecule has 1 saturated heterocycles. The number of nitrogens with zero attached hydrogens (tertiary/aromatic N) is 2. The number of hydrogen-bond acceptors (Lipinski definition) is 6. The molecule has 152 valence electrons. The number of carbonyl (C=O) groups is 2. The summed E-state index contributed by atoms with van der Waals surface area (Å²) >= 11 is 0. The van der Waals surface area contributed by atoms with Crippen molar-refractivity contribution in [2.45, 2.75) is 12.5 Å². The number of carbonyl (C=O) groups excluding carboxylic acids is 2. The Balaban J connectivity index is 1.57. The number of Topliss-reactive ketones (excluding diaryl/α,β-unsaturated/α-hetero) is 1. The van der Waals surface area contributed by atoms with Crippen molar-refractivity contribution >= 4 is 11.7 Å². The highest BCUT2D eigenvalue weighted by Gasteiger charge is 2.44. The number of quaternary nitrogens is 1. The second-order valence-corrected chi connectivity index (χ2v) is 7.22. The van der Waals surface area contributed by atoms with E-state index in [1.807, 2.05) is 0 Å². The first kappa shape index (κ1) is 19.4. The Morgan fingerprint density at radius 1 is 1.28 bits per heavy atom. The van der Waals surface area contributed by atoms with Gasteiger partial charge in [0.2, 0.25) is 5.78 Å². The molecule has 2 aromatic heterocycles. The highest BCUT2D eigenvalue weighted by atomic mass is 16.5. The molecule has 2 aliphatic heterocycles. The van der Waals surface area contributed by atoms with Crippen molar-refractivity contribution < 1.29 is 28.7 Å². The van der Waals surface area contributed by atoms with Crippen LogP contribution in [0.15, 0.2) is 58.7 Å². The molecule has 0 saturated carbocycles. The van der Waals surface area contributed by atoms with Gasteiger partial charge in [-0.3, -0.25) is 14.6 Å². The van der Waals surface area contributed by atoms with Gasteiger partial charge in [0, 0.05) is 25.4 Å². The fraction of sp³-hybridized carbons (Fsp3) is 0.381. The summed E-state index contributed by atoms with van der Waals surface area (Å²) in [5.74, 6) is -1.45. The number of hydrogen-bond donors (Lipinski definition) is 2. The van der Waals surface area contributed by atoms with Crippen LogP contribution in [0.4, 0.5) is 0 Å². The lowest BCUT2D eigenvalue weighted by atomic mass is 9.96. The SMILES string of the molecule is O=C(C1=C(O)C(=O)N(CCC[NH+]2CCOCC2)[C@@H]1c1cccnc1)c1ccco1. The Bertz CT molecular complexity index is 888. The molecule has 2 N–H and O–H groups in total. The number of rotatable bonds is 7. The smallest absolute Gasteiger partial charge is 0.290 e. The third-order valence-corrected chi connectivity index (χ3v) is 5.42. The maximum atomic E-state index is 13.0. The zero-order valence-electron chi connectivity index (χ0n) is 16.0. The molecule has 1 atom stereocenters. The average Bonchev–Trinajstić information content (AvgIpc) is 3.38. The van der Waals surface area contributed by atoms with Gasteiger partial charge in [0.1, 0.15) is 13.1 Å². The van der Waals surface area contributed by atoms with Crippen LogP contribution >= 0.6 is 0 Å². The Hall–Kier alpha value is -2.97. The van der Waals surface area contributed by atoms with E-state index in [2.05, 4.69) is 4.98 Å². The van der Waals surface area contributed by atoms with Gasteiger partial charge in [-0.05, 0) is 23.8 Å². The Morgan fingerprint density at radius 3 is 2.79 bits per heavy atom. The lowest BCUT2D eigenvalue weighted by Crippen LogP contribution is -3.14. The van der Waals surface area contributed by atoms with Gasteiger partial charge in [-0.1, -0.05) is 6.07 Å². The van der Waals surface area contributed by atoms with E-state index in [0.29, 0.717) is 12.1 Å². The molecule has 0 aromatic carbocycles. The Morgan fingerprint density at radius 2 is 2.10 bits per heavy atom. The van der Waals surface area contributed by atoms with E-state index < -0.39 is 23.5 Å². The molecule has 4 rings (SSSR count). The van der Waals surface area contributed by atoms with E-state index in [1.54, 1.807) is 35.5 Å². The first-order valence-corrected chi connectivity index (χ1v) is 9.80. The number of aliphatic hydroxyl groups excluding tert-OH is 1. The largest absolute Gasteiger partial charge is 0.503 e. The lowest BCUT2D eigenvalue weighted by molar-refractivity contribution is -0.908. The molecule has 0 unspecified atom stereocenters. The Labute approximate surface area is 168 Å². The van der Waals surface area contributed by atoms with E-state index >= 15 is 0 Å². The van der Waals surface area contributed by atoms with E-state index in [-0.39, 0.29) is 11.3 Å². The number of nitrogens with one attached hydrogen (secondary N) is 1. The molecule has 2 aliphatic rings. The first-order valence-electron chi connectivity index (χ1n) is 9.80. The van der Waals surface area contributed by atoms with Crippen LogP contribution in [0.25, 0.3) is 0 Å². The molecular formula is C21H24N3O5+. The number of pyridine rings is 1. The summed E-state index contributed by atoms with van der Waals surface area (Å²) in [7, 11) is 0. The van der Waals surface area contributed by atoms with Gasteiger partial charge in [-0.2, -0.15) is 0 Å². The van der Waals surface area contributed by atoms with Crippen LogP contribution < -0.4 is 4.90 Å². The van der Waals surface area contributed by atoms with Crippen molar-refractivity contribution in [3.8, 4) is 0 Å². The number of aromatic nitrogens is 1. The summed E-state index contributed by atoms with van der Waals surface area (Å²) in [5, 5.41) is 10.6. The van der Waals surface area contributed by atoms with Crippen LogP contribution in [0.2, 0.25) is 0 Å². The molecular weight excluding hydrogens is 374 g/mol. The number of ether oxygens (including phenoxy) is 1. The lowest BCUT2D eigenvalue weighted by Gasteiger charge is -2.28. The van der Waals surface area contributed by atoms with Gasteiger partial charge in [0.15, 0.2) is 11.5 Å². The molecule has 2 aromatic rings. The van der Waals surface area contributed by atoms with Crippen LogP contribution in [0, 0.1) is 0 Å². The quantitative estimate of drug-likeness (QED) is 0.662. The Kier molecular flexibility index (Phi) is 5.73. The zero-order chi connectivity index (χ0) is 20.2. The minimum absolute atomic E-state index is 0.0386. The van der Waals surface area contributed by atoms with Crippen LogP contribution in [-0.2, 0) is 9.53 Å². The third-order valence-electron chi connectivity index (χ3n) is 5.42. The third kappa shape index (κ3) is 3.94. The summed E-state index contributed by atoms with van der Waals surface area (Å²) < 4.78 is 10.6. The average molecular weight is 398 g/mol. The first-order chi connectivity index (χ1) is 14.2. The predicted molar refractivity (Wildman–Crippen MR) is 102 cm³/mol. The summed E-state index contributed by atoms with van der Waals surface area (Å²) in [4.78, 5) is 33.0. The number of amides is 1. The molecule has 0 spiro atoms. The second kappa shape index (κ2) is 8.59. The fourth-order valence-electron chi connectivity index (χ4n) is 3.95. The van der Waals surface area contributed by atoms with Crippen LogP contribution in [-0.4, -0.2) is 66.1 Å². The van der Waals surface area contributed by atoms with Crippen LogP contribution in [0.5, 0.6) is 0 Å². The van der Waals surface area contributed by atoms with Gasteiger partial charge < -0.3 is 24.1 Å². The van der Waals surface area contributed by atoms with Crippen molar-refractivity contribution in [3.05, 3.63) is 65.6 Å².